The van der Waals surface area contributed by atoms with Gasteiger partial charge in [0.1, 0.15) is 5.56 Å². The molecule has 1 saturated carbocycles. The summed E-state index contributed by atoms with van der Waals surface area (Å²) in [6.07, 6.45) is 9.94. The number of carbonyl (C=O) groups excluding carboxylic acids is 1. The molecule has 4 aliphatic rings. The molecular formula is C25H31N5O2S. The molecule has 1 amide bonds. The zero-order valence-electron chi connectivity index (χ0n) is 19.2. The van der Waals surface area contributed by atoms with E-state index in [9.17, 15) is 9.59 Å². The predicted octanol–water partition coefficient (Wildman–Crippen LogP) is 4.14. The highest BCUT2D eigenvalue weighted by Crippen LogP contribution is 2.31. The molecule has 0 saturated heterocycles. The topological polar surface area (TPSA) is 73.0 Å². The van der Waals surface area contributed by atoms with E-state index in [1.165, 1.54) is 35.7 Å². The molecule has 0 spiro atoms. The molecule has 1 fully saturated rings. The number of hydrogen-bond donors (Lipinski definition) is 0. The molecule has 0 aromatic heterocycles. The number of fused-ring (bicyclic) bond motifs is 3. The van der Waals surface area contributed by atoms with Crippen molar-refractivity contribution in [3.05, 3.63) is 46.4 Å². The lowest BCUT2D eigenvalue weighted by molar-refractivity contribution is -0.129. The summed E-state index contributed by atoms with van der Waals surface area (Å²) in [7, 11) is 1.94. The van der Waals surface area contributed by atoms with E-state index in [0.717, 1.165) is 61.6 Å². The molecule has 7 nitrogen and oxygen atoms in total. The van der Waals surface area contributed by atoms with Gasteiger partial charge < -0.3 is 9.47 Å². The van der Waals surface area contributed by atoms with Gasteiger partial charge in [-0.3, -0.25) is 9.59 Å². The van der Waals surface area contributed by atoms with E-state index in [-0.39, 0.29) is 11.5 Å². The number of para-hydroxylation sites is 1. The Balaban J connectivity index is 1.47. The molecule has 3 aliphatic heterocycles. The third kappa shape index (κ3) is 4.45. The Hall–Kier alpha value is -2.61. The van der Waals surface area contributed by atoms with Crippen LogP contribution >= 0.6 is 11.8 Å². The molecule has 174 valence electrons. The zero-order chi connectivity index (χ0) is 22.8. The molecule has 3 heterocycles. The maximum atomic E-state index is 13.3. The number of nitrogens with zero attached hydrogens (tertiary/aromatic N) is 5. The van der Waals surface area contributed by atoms with E-state index in [1.807, 2.05) is 42.3 Å². The highest BCUT2D eigenvalue weighted by Gasteiger charge is 2.28. The van der Waals surface area contributed by atoms with Gasteiger partial charge in [-0.15, -0.1) is 5.10 Å². The summed E-state index contributed by atoms with van der Waals surface area (Å²) in [4.78, 5) is 33.0. The van der Waals surface area contributed by atoms with Crippen LogP contribution in [0.3, 0.4) is 0 Å². The maximum absolute atomic E-state index is 13.3. The van der Waals surface area contributed by atoms with Crippen LogP contribution in [-0.2, 0) is 17.8 Å². The van der Waals surface area contributed by atoms with Crippen LogP contribution in [0.1, 0.15) is 57.1 Å². The Labute approximate surface area is 198 Å². The molecular weight excluding hydrogens is 434 g/mol. The zero-order valence-corrected chi connectivity index (χ0v) is 20.0. The molecule has 8 heteroatoms. The van der Waals surface area contributed by atoms with Crippen molar-refractivity contribution in [1.82, 2.24) is 24.2 Å². The van der Waals surface area contributed by atoms with Crippen LogP contribution in [-0.4, -0.2) is 49.0 Å². The normalized spacial score (nSPS) is 17.0. The second-order valence-corrected chi connectivity index (χ2v) is 10.1. The minimum absolute atomic E-state index is 0.112. The monoisotopic (exact) mass is 465 g/mol. The first kappa shape index (κ1) is 22.2. The Bertz CT molecular complexity index is 1150. The standard InChI is InChI=1S/C25H31N5O2S/c1-28(18-11-5-2-6-12-18)21(31)17-33-25-26-23-22(20-15-9-4-10-16-29(20)25)24(32)30(27-23)19-13-7-3-8-14-19/h3,7-8,13-14,18H,2,4-6,9-12,15-17H2,1H3. The number of thioether (sulfide) groups is 1. The van der Waals surface area contributed by atoms with Crippen LogP contribution in [0.25, 0.3) is 17.1 Å². The number of carbonyl (C=O) groups is 1. The van der Waals surface area contributed by atoms with E-state index in [0.29, 0.717) is 23.2 Å². The molecule has 0 N–H and O–H groups in total. The molecule has 1 aromatic carbocycles. The molecule has 0 atom stereocenters. The number of benzene rings is 1. The van der Waals surface area contributed by atoms with Gasteiger partial charge in [-0.2, -0.15) is 4.68 Å². The van der Waals surface area contributed by atoms with Crippen molar-refractivity contribution in [1.29, 1.82) is 0 Å². The summed E-state index contributed by atoms with van der Waals surface area (Å²) in [5.74, 6) is 0.984. The first-order valence-corrected chi connectivity index (χ1v) is 13.1. The number of hydrogen-bond acceptors (Lipinski definition) is 5. The van der Waals surface area contributed by atoms with Gasteiger partial charge in [0.05, 0.1) is 11.4 Å². The van der Waals surface area contributed by atoms with E-state index in [4.69, 9.17) is 4.98 Å². The van der Waals surface area contributed by atoms with Crippen molar-refractivity contribution >= 4 is 17.7 Å². The average molecular weight is 466 g/mol. The average Bonchev–Trinajstić information content (AvgIpc) is 3.02. The van der Waals surface area contributed by atoms with Crippen molar-refractivity contribution in [2.75, 3.05) is 12.8 Å². The van der Waals surface area contributed by atoms with Gasteiger partial charge in [0, 0.05) is 25.3 Å². The van der Waals surface area contributed by atoms with Crippen LogP contribution in [0.2, 0.25) is 0 Å². The summed E-state index contributed by atoms with van der Waals surface area (Å²) in [6, 6.07) is 9.85. The van der Waals surface area contributed by atoms with Crippen LogP contribution in [0.5, 0.6) is 0 Å². The Morgan fingerprint density at radius 3 is 2.64 bits per heavy atom. The van der Waals surface area contributed by atoms with Gasteiger partial charge in [0.15, 0.2) is 11.0 Å². The fourth-order valence-electron chi connectivity index (χ4n) is 5.11. The first-order valence-electron chi connectivity index (χ1n) is 12.1. The summed E-state index contributed by atoms with van der Waals surface area (Å²) >= 11 is 1.48. The van der Waals surface area contributed by atoms with Gasteiger partial charge in [-0.05, 0) is 44.2 Å². The third-order valence-corrected chi connectivity index (χ3v) is 7.97. The van der Waals surface area contributed by atoms with Gasteiger partial charge in [-0.1, -0.05) is 55.6 Å². The molecule has 5 rings (SSSR count). The van der Waals surface area contributed by atoms with Crippen LogP contribution in [0.4, 0.5) is 0 Å². The van der Waals surface area contributed by atoms with Crippen LogP contribution < -0.4 is 5.56 Å². The first-order chi connectivity index (χ1) is 16.1. The third-order valence-electron chi connectivity index (χ3n) is 7.01. The van der Waals surface area contributed by atoms with Crippen LogP contribution in [0, 0.1) is 0 Å². The minimum Gasteiger partial charge on any atom is -0.342 e. The molecule has 33 heavy (non-hydrogen) atoms. The van der Waals surface area contributed by atoms with Gasteiger partial charge >= 0.3 is 0 Å². The predicted molar refractivity (Wildman–Crippen MR) is 130 cm³/mol. The van der Waals surface area contributed by atoms with Gasteiger partial charge in [0.25, 0.3) is 5.56 Å². The Kier molecular flexibility index (Phi) is 6.53. The quantitative estimate of drug-likeness (QED) is 0.418. The van der Waals surface area contributed by atoms with Crippen molar-refractivity contribution in [3.63, 3.8) is 0 Å². The Morgan fingerprint density at radius 1 is 1.09 bits per heavy atom. The summed E-state index contributed by atoms with van der Waals surface area (Å²) in [6.45, 7) is 0.823. The number of amides is 1. The van der Waals surface area contributed by atoms with Crippen molar-refractivity contribution in [3.8, 4) is 17.1 Å². The minimum atomic E-state index is -0.112. The molecule has 1 aliphatic carbocycles. The van der Waals surface area contributed by atoms with Gasteiger partial charge in [0.2, 0.25) is 5.91 Å². The van der Waals surface area contributed by atoms with Crippen molar-refractivity contribution in [2.24, 2.45) is 0 Å². The van der Waals surface area contributed by atoms with Crippen LogP contribution in [0.15, 0.2) is 40.3 Å². The lowest BCUT2D eigenvalue weighted by Crippen LogP contribution is -2.39. The van der Waals surface area contributed by atoms with E-state index in [1.54, 1.807) is 0 Å². The van der Waals surface area contributed by atoms with Crippen molar-refractivity contribution < 1.29 is 4.79 Å². The summed E-state index contributed by atoms with van der Waals surface area (Å²) < 4.78 is 3.63. The molecule has 0 radical (unpaired) electrons. The molecule has 0 unspecified atom stereocenters. The van der Waals surface area contributed by atoms with E-state index < -0.39 is 0 Å². The highest BCUT2D eigenvalue weighted by atomic mass is 32.2. The smallest absolute Gasteiger partial charge is 0.284 e. The van der Waals surface area contributed by atoms with Crippen molar-refractivity contribution in [2.45, 2.75) is 75.5 Å². The fourth-order valence-corrected chi connectivity index (χ4v) is 6.07. The van der Waals surface area contributed by atoms with E-state index in [2.05, 4.69) is 9.67 Å². The molecule has 1 aromatic rings. The number of aromatic nitrogens is 4. The second kappa shape index (κ2) is 9.71. The Morgan fingerprint density at radius 2 is 1.85 bits per heavy atom. The number of rotatable bonds is 5. The maximum Gasteiger partial charge on any atom is 0.284 e. The summed E-state index contributed by atoms with van der Waals surface area (Å²) in [5.41, 5.74) is 2.27. The molecule has 0 bridgehead atoms. The second-order valence-electron chi connectivity index (χ2n) is 9.14. The highest BCUT2D eigenvalue weighted by molar-refractivity contribution is 7.99. The van der Waals surface area contributed by atoms with Gasteiger partial charge in [-0.25, -0.2) is 4.98 Å². The fraction of sp³-hybridized carbons (Fsp3) is 0.520. The largest absolute Gasteiger partial charge is 0.342 e. The SMILES string of the molecule is CN(C(=O)CSc1nc2nn(-c3ccccc3)c(=O)c-2c2n1CCCCC2)C1CCCCC1. The lowest BCUT2D eigenvalue weighted by atomic mass is 9.94. The summed E-state index contributed by atoms with van der Waals surface area (Å²) in [5, 5.41) is 5.38. The lowest BCUT2D eigenvalue weighted by Gasteiger charge is -2.31. The van der Waals surface area contributed by atoms with E-state index >= 15 is 0 Å².